The highest BCUT2D eigenvalue weighted by Gasteiger charge is 2.08. The van der Waals surface area contributed by atoms with E-state index in [9.17, 15) is 4.79 Å². The average Bonchev–Trinajstić information content (AvgIpc) is 2.85. The first-order chi connectivity index (χ1) is 9.70. The molecule has 0 atom stereocenters. The molecule has 0 saturated heterocycles. The molecule has 2 aromatic rings. The molecule has 1 amide bonds. The molecule has 0 aliphatic heterocycles. The Kier molecular flexibility index (Phi) is 5.35. The molecule has 0 unspecified atom stereocenters. The van der Waals surface area contributed by atoms with Crippen molar-refractivity contribution in [1.29, 1.82) is 0 Å². The van der Waals surface area contributed by atoms with E-state index in [0.717, 1.165) is 10.0 Å². The predicted octanol–water partition coefficient (Wildman–Crippen LogP) is 2.50. The van der Waals surface area contributed by atoms with Crippen molar-refractivity contribution in [3.8, 4) is 18.0 Å². The number of terminal acetylenes is 1. The van der Waals surface area contributed by atoms with Crippen LogP contribution in [0, 0.1) is 16.3 Å². The van der Waals surface area contributed by atoms with Crippen LogP contribution < -0.4 is 5.32 Å². The Labute approximate surface area is 130 Å². The topological polar surface area (TPSA) is 46.9 Å². The number of carbonyl (C=O) groups excluding carboxylic acids is 1. The summed E-state index contributed by atoms with van der Waals surface area (Å²) in [5, 5.41) is 7.01. The van der Waals surface area contributed by atoms with Gasteiger partial charge in [0.1, 0.15) is 0 Å². The molecule has 1 aromatic heterocycles. The zero-order valence-corrected chi connectivity index (χ0v) is 12.9. The number of nitrogens with one attached hydrogen (secondary N) is 1. The molecule has 4 nitrogen and oxygen atoms in total. The molecule has 0 aliphatic carbocycles. The second-order valence-electron chi connectivity index (χ2n) is 3.65. The van der Waals surface area contributed by atoms with Gasteiger partial charge in [0.2, 0.25) is 5.91 Å². The van der Waals surface area contributed by atoms with Crippen LogP contribution in [0.1, 0.15) is 0 Å². The maximum Gasteiger partial charge on any atom is 0.231 e. The highest BCUT2D eigenvalue weighted by Crippen LogP contribution is 2.23. The molecule has 102 valence electrons. The summed E-state index contributed by atoms with van der Waals surface area (Å²) in [4.78, 5) is 11.5. The van der Waals surface area contributed by atoms with Crippen molar-refractivity contribution in [3.05, 3.63) is 34.3 Å². The Morgan fingerprint density at radius 3 is 2.95 bits per heavy atom. The maximum atomic E-state index is 11.5. The lowest BCUT2D eigenvalue weighted by Gasteiger charge is -2.00. The lowest BCUT2D eigenvalue weighted by Crippen LogP contribution is -2.25. The number of nitrogens with zero attached hydrogens (tertiary/aromatic N) is 2. The van der Waals surface area contributed by atoms with E-state index in [1.54, 1.807) is 4.68 Å². The fourth-order valence-electron chi connectivity index (χ4n) is 1.38. The molecule has 0 bridgehead atoms. The van der Waals surface area contributed by atoms with Crippen LogP contribution in [0.4, 0.5) is 0 Å². The van der Waals surface area contributed by atoms with Gasteiger partial charge < -0.3 is 5.32 Å². The van der Waals surface area contributed by atoms with Gasteiger partial charge in [-0.1, -0.05) is 47.2 Å². The molecule has 20 heavy (non-hydrogen) atoms. The van der Waals surface area contributed by atoms with Gasteiger partial charge in [0.15, 0.2) is 8.29 Å². The maximum absolute atomic E-state index is 11.5. The predicted molar refractivity (Wildman–Crippen MR) is 84.8 cm³/mol. The number of rotatable bonds is 5. The smallest absolute Gasteiger partial charge is 0.231 e. The van der Waals surface area contributed by atoms with Crippen molar-refractivity contribution in [2.24, 2.45) is 0 Å². The van der Waals surface area contributed by atoms with Gasteiger partial charge in [0, 0.05) is 0 Å². The minimum Gasteiger partial charge on any atom is -0.344 e. The first-order valence-electron chi connectivity index (χ1n) is 5.69. The Morgan fingerprint density at radius 2 is 2.25 bits per heavy atom. The van der Waals surface area contributed by atoms with Gasteiger partial charge in [-0.15, -0.1) is 11.5 Å². The largest absolute Gasteiger partial charge is 0.344 e. The van der Waals surface area contributed by atoms with Crippen LogP contribution in [-0.4, -0.2) is 28.0 Å². The van der Waals surface area contributed by atoms with Gasteiger partial charge in [-0.05, 0) is 24.4 Å². The molecule has 0 saturated carbocycles. The third-order valence-corrected chi connectivity index (χ3v) is 4.61. The van der Waals surface area contributed by atoms with Crippen molar-refractivity contribution in [2.75, 3.05) is 12.3 Å². The van der Waals surface area contributed by atoms with Crippen LogP contribution in [0.2, 0.25) is 0 Å². The molecule has 1 aromatic carbocycles. The quantitative estimate of drug-likeness (QED) is 0.522. The van der Waals surface area contributed by atoms with Crippen LogP contribution in [0.5, 0.6) is 0 Å². The highest BCUT2D eigenvalue weighted by molar-refractivity contribution is 8.01. The van der Waals surface area contributed by atoms with Crippen LogP contribution in [0.3, 0.4) is 0 Å². The number of aromatic nitrogens is 2. The number of hydrogen-bond acceptors (Lipinski definition) is 5. The highest BCUT2D eigenvalue weighted by atomic mass is 32.2. The van der Waals surface area contributed by atoms with Crippen molar-refractivity contribution >= 4 is 41.2 Å². The van der Waals surface area contributed by atoms with Crippen LogP contribution in [0.15, 0.2) is 34.7 Å². The molecule has 1 N–H and O–H groups in total. The minimum atomic E-state index is -0.111. The lowest BCUT2D eigenvalue weighted by molar-refractivity contribution is -0.118. The van der Waals surface area contributed by atoms with Crippen molar-refractivity contribution < 1.29 is 4.79 Å². The zero-order valence-electron chi connectivity index (χ0n) is 10.4. The van der Waals surface area contributed by atoms with E-state index in [4.69, 9.17) is 18.6 Å². The standard InChI is InChI=1S/C13H11N3OS3/c1-2-8-14-11(17)9-19-12-15-16(13(18)20-12)10-6-4-3-5-7-10/h1,3-7H,8-9H2,(H,14,17). The van der Waals surface area contributed by atoms with E-state index in [0.29, 0.717) is 3.95 Å². The fourth-order valence-corrected chi connectivity index (χ4v) is 3.57. The van der Waals surface area contributed by atoms with Crippen LogP contribution in [0.25, 0.3) is 5.69 Å². The van der Waals surface area contributed by atoms with E-state index in [1.165, 1.54) is 23.1 Å². The number of thioether (sulfide) groups is 1. The molecule has 0 radical (unpaired) electrons. The fraction of sp³-hybridized carbons (Fsp3) is 0.154. The number of benzene rings is 1. The van der Waals surface area contributed by atoms with Crippen molar-refractivity contribution in [3.63, 3.8) is 0 Å². The van der Waals surface area contributed by atoms with Gasteiger partial charge in [-0.25, -0.2) is 4.68 Å². The van der Waals surface area contributed by atoms with Gasteiger partial charge in [-0.3, -0.25) is 4.79 Å². The summed E-state index contributed by atoms with van der Waals surface area (Å²) in [5.74, 6) is 2.52. The van der Waals surface area contributed by atoms with Crippen molar-refractivity contribution in [1.82, 2.24) is 15.1 Å². The third-order valence-electron chi connectivity index (χ3n) is 2.24. The van der Waals surface area contributed by atoms with E-state index in [1.807, 2.05) is 30.3 Å². The van der Waals surface area contributed by atoms with Gasteiger partial charge in [-0.2, -0.15) is 0 Å². The number of hydrogen-bond donors (Lipinski definition) is 1. The molecular weight excluding hydrogens is 310 g/mol. The lowest BCUT2D eigenvalue weighted by atomic mass is 10.3. The van der Waals surface area contributed by atoms with Gasteiger partial charge in [0.25, 0.3) is 0 Å². The molecule has 0 aliphatic rings. The summed E-state index contributed by atoms with van der Waals surface area (Å²) >= 11 is 8.02. The minimum absolute atomic E-state index is 0.111. The van der Waals surface area contributed by atoms with Gasteiger partial charge >= 0.3 is 0 Å². The van der Waals surface area contributed by atoms with Crippen LogP contribution >= 0.6 is 35.3 Å². The first-order valence-corrected chi connectivity index (χ1v) is 7.90. The van der Waals surface area contributed by atoms with Crippen LogP contribution in [-0.2, 0) is 4.79 Å². The molecule has 0 fully saturated rings. The van der Waals surface area contributed by atoms with E-state index >= 15 is 0 Å². The summed E-state index contributed by atoms with van der Waals surface area (Å²) in [7, 11) is 0. The second-order valence-corrected chi connectivity index (χ2v) is 6.50. The summed E-state index contributed by atoms with van der Waals surface area (Å²) in [6.45, 7) is 0.244. The summed E-state index contributed by atoms with van der Waals surface area (Å²) in [6, 6.07) is 9.66. The normalized spacial score (nSPS) is 9.95. The monoisotopic (exact) mass is 321 g/mol. The Morgan fingerprint density at radius 1 is 1.50 bits per heavy atom. The first kappa shape index (κ1) is 14.8. The van der Waals surface area contributed by atoms with Gasteiger partial charge in [0.05, 0.1) is 18.0 Å². The number of amides is 1. The van der Waals surface area contributed by atoms with E-state index < -0.39 is 0 Å². The molecule has 7 heteroatoms. The SMILES string of the molecule is C#CCNC(=O)CSc1nn(-c2ccccc2)c(=S)s1. The van der Waals surface area contributed by atoms with E-state index in [-0.39, 0.29) is 18.2 Å². The molecule has 1 heterocycles. The second kappa shape index (κ2) is 7.24. The molecule has 0 spiro atoms. The summed E-state index contributed by atoms with van der Waals surface area (Å²) < 4.78 is 3.11. The summed E-state index contributed by atoms with van der Waals surface area (Å²) in [6.07, 6.45) is 5.07. The zero-order chi connectivity index (χ0) is 14.4. The Balaban J connectivity index is 2.04. The Hall–Kier alpha value is -1.62. The van der Waals surface area contributed by atoms with E-state index in [2.05, 4.69) is 16.3 Å². The number of carbonyl (C=O) groups is 1. The Bertz CT molecular complexity index is 685. The summed E-state index contributed by atoms with van der Waals surface area (Å²) in [5.41, 5.74) is 0.914. The van der Waals surface area contributed by atoms with Crippen molar-refractivity contribution in [2.45, 2.75) is 4.34 Å². The molecule has 2 rings (SSSR count). The third kappa shape index (κ3) is 3.93. The number of para-hydroxylation sites is 1. The average molecular weight is 321 g/mol. The molecular formula is C13H11N3OS3.